The van der Waals surface area contributed by atoms with E-state index in [0.717, 1.165) is 12.0 Å². The van der Waals surface area contributed by atoms with Crippen LogP contribution in [0.25, 0.3) is 0 Å². The van der Waals surface area contributed by atoms with E-state index < -0.39 is 0 Å². The van der Waals surface area contributed by atoms with Crippen LogP contribution in [0.4, 0.5) is 0 Å². The molecule has 1 aliphatic heterocycles. The highest BCUT2D eigenvalue weighted by atomic mass is 16.2. The number of fused-ring (bicyclic) bond motifs is 1. The van der Waals surface area contributed by atoms with E-state index >= 15 is 0 Å². The lowest BCUT2D eigenvalue weighted by molar-refractivity contribution is 0.0694. The molecule has 1 amide bonds. The van der Waals surface area contributed by atoms with Crippen LogP contribution in [0.15, 0.2) is 79.1 Å². The van der Waals surface area contributed by atoms with Crippen LogP contribution in [0.1, 0.15) is 33.1 Å². The maximum atomic E-state index is 13.1. The van der Waals surface area contributed by atoms with Crippen molar-refractivity contribution < 1.29 is 4.79 Å². The Hall–Kier alpha value is -2.94. The monoisotopic (exact) mass is 314 g/mol. The third kappa shape index (κ3) is 2.58. The maximum Gasteiger partial charge on any atom is 0.256 e. The first kappa shape index (κ1) is 14.6. The average molecular weight is 314 g/mol. The summed E-state index contributed by atoms with van der Waals surface area (Å²) in [6.07, 6.45) is 4.22. The van der Waals surface area contributed by atoms with Gasteiger partial charge in [-0.05, 0) is 35.2 Å². The Kier molecular flexibility index (Phi) is 3.83. The van der Waals surface area contributed by atoms with Gasteiger partial charge < -0.3 is 4.90 Å². The minimum absolute atomic E-state index is 0.0338. The highest BCUT2D eigenvalue weighted by Crippen LogP contribution is 2.35. The van der Waals surface area contributed by atoms with Crippen molar-refractivity contribution >= 4 is 5.91 Å². The molecule has 0 spiro atoms. The van der Waals surface area contributed by atoms with E-state index in [0.29, 0.717) is 12.1 Å². The van der Waals surface area contributed by atoms with Crippen molar-refractivity contribution in [3.05, 3.63) is 101 Å². The molecule has 0 saturated carbocycles. The first-order valence-electron chi connectivity index (χ1n) is 8.18. The largest absolute Gasteiger partial charge is 0.327 e. The van der Waals surface area contributed by atoms with Crippen LogP contribution < -0.4 is 0 Å². The summed E-state index contributed by atoms with van der Waals surface area (Å²) in [5.41, 5.74) is 4.31. The zero-order valence-corrected chi connectivity index (χ0v) is 13.3. The molecule has 3 nitrogen and oxygen atoms in total. The molecular formula is C21H18N2O. The number of rotatable bonds is 2. The van der Waals surface area contributed by atoms with E-state index in [4.69, 9.17) is 0 Å². The number of benzene rings is 2. The number of carbonyl (C=O) groups is 1. The summed E-state index contributed by atoms with van der Waals surface area (Å²) in [5.74, 6) is 0.0338. The van der Waals surface area contributed by atoms with E-state index in [9.17, 15) is 4.79 Å². The van der Waals surface area contributed by atoms with Gasteiger partial charge in [0.1, 0.15) is 0 Å². The van der Waals surface area contributed by atoms with Gasteiger partial charge in [0.25, 0.3) is 5.91 Å². The average Bonchev–Trinajstić information content (AvgIpc) is 2.68. The molecule has 0 saturated heterocycles. The second-order valence-electron chi connectivity index (χ2n) is 6.00. The Labute approximate surface area is 141 Å². The molecule has 0 N–H and O–H groups in total. The molecule has 2 heterocycles. The van der Waals surface area contributed by atoms with Crippen LogP contribution in [-0.4, -0.2) is 22.3 Å². The number of hydrogen-bond acceptors (Lipinski definition) is 2. The van der Waals surface area contributed by atoms with Crippen LogP contribution >= 0.6 is 0 Å². The van der Waals surface area contributed by atoms with E-state index in [1.807, 2.05) is 41.3 Å². The van der Waals surface area contributed by atoms with Crippen LogP contribution in [0.5, 0.6) is 0 Å². The van der Waals surface area contributed by atoms with Crippen LogP contribution in [0, 0.1) is 0 Å². The molecule has 1 atom stereocenters. The van der Waals surface area contributed by atoms with E-state index in [1.165, 1.54) is 11.1 Å². The molecule has 0 bridgehead atoms. The Morgan fingerprint density at radius 1 is 0.958 bits per heavy atom. The fourth-order valence-electron chi connectivity index (χ4n) is 3.44. The first-order valence-corrected chi connectivity index (χ1v) is 8.18. The van der Waals surface area contributed by atoms with Crippen molar-refractivity contribution in [1.82, 2.24) is 9.88 Å². The maximum absolute atomic E-state index is 13.1. The number of hydrogen-bond donors (Lipinski definition) is 0. The minimum atomic E-state index is -0.0520. The summed E-state index contributed by atoms with van der Waals surface area (Å²) < 4.78 is 0. The van der Waals surface area contributed by atoms with Gasteiger partial charge in [-0.1, -0.05) is 54.6 Å². The molecule has 1 aromatic heterocycles. The fraction of sp³-hybridized carbons (Fsp3) is 0.143. The molecule has 0 fully saturated rings. The van der Waals surface area contributed by atoms with E-state index in [-0.39, 0.29) is 11.9 Å². The lowest BCUT2D eigenvalue weighted by Gasteiger charge is -2.37. The predicted molar refractivity (Wildman–Crippen MR) is 93.7 cm³/mol. The molecule has 2 aromatic carbocycles. The zero-order valence-electron chi connectivity index (χ0n) is 13.3. The standard InChI is InChI=1S/C21H18N2O/c24-21(18-10-6-13-22-15-18)23-14-12-16-7-4-5-11-19(16)20(23)17-8-2-1-3-9-17/h1-11,13,15,20H,12,14H2. The molecule has 118 valence electrons. The lowest BCUT2D eigenvalue weighted by atomic mass is 9.88. The normalized spacial score (nSPS) is 16.5. The zero-order chi connectivity index (χ0) is 16.4. The van der Waals surface area contributed by atoms with Gasteiger partial charge in [0.15, 0.2) is 0 Å². The lowest BCUT2D eigenvalue weighted by Crippen LogP contribution is -2.40. The third-order valence-electron chi connectivity index (χ3n) is 4.57. The fourth-order valence-corrected chi connectivity index (χ4v) is 3.44. The van der Waals surface area contributed by atoms with E-state index in [2.05, 4.69) is 35.3 Å². The molecular weight excluding hydrogens is 296 g/mol. The van der Waals surface area contributed by atoms with Crippen molar-refractivity contribution in [1.29, 1.82) is 0 Å². The summed E-state index contributed by atoms with van der Waals surface area (Å²) >= 11 is 0. The molecule has 3 heteroatoms. The summed E-state index contributed by atoms with van der Waals surface area (Å²) in [4.78, 5) is 19.1. The number of pyridine rings is 1. The first-order chi connectivity index (χ1) is 11.8. The molecule has 4 rings (SSSR count). The van der Waals surface area contributed by atoms with Gasteiger partial charge in [-0.2, -0.15) is 0 Å². The Bertz CT molecular complexity index is 846. The topological polar surface area (TPSA) is 33.2 Å². The molecule has 0 aliphatic carbocycles. The number of nitrogens with zero attached hydrogens (tertiary/aromatic N) is 2. The second-order valence-corrected chi connectivity index (χ2v) is 6.00. The minimum Gasteiger partial charge on any atom is -0.327 e. The highest BCUT2D eigenvalue weighted by molar-refractivity contribution is 5.94. The molecule has 1 aliphatic rings. The Balaban J connectivity index is 1.80. The van der Waals surface area contributed by atoms with Crippen molar-refractivity contribution in [2.24, 2.45) is 0 Å². The number of carbonyl (C=O) groups excluding carboxylic acids is 1. The SMILES string of the molecule is O=C(c1cccnc1)N1CCc2ccccc2C1c1ccccc1. The Morgan fingerprint density at radius 2 is 1.75 bits per heavy atom. The highest BCUT2D eigenvalue weighted by Gasteiger charge is 2.32. The van der Waals surface area contributed by atoms with Crippen molar-refractivity contribution in [2.75, 3.05) is 6.54 Å². The summed E-state index contributed by atoms with van der Waals surface area (Å²) in [5, 5.41) is 0. The molecule has 0 radical (unpaired) electrons. The molecule has 24 heavy (non-hydrogen) atoms. The Morgan fingerprint density at radius 3 is 2.54 bits per heavy atom. The van der Waals surface area contributed by atoms with Gasteiger partial charge >= 0.3 is 0 Å². The van der Waals surface area contributed by atoms with E-state index in [1.54, 1.807) is 12.4 Å². The summed E-state index contributed by atoms with van der Waals surface area (Å²) in [7, 11) is 0. The van der Waals surface area contributed by atoms with Gasteiger partial charge in [0, 0.05) is 18.9 Å². The van der Waals surface area contributed by atoms with Crippen LogP contribution in [0.2, 0.25) is 0 Å². The second kappa shape index (κ2) is 6.28. The molecule has 3 aromatic rings. The van der Waals surface area contributed by atoms with Gasteiger partial charge in [-0.25, -0.2) is 0 Å². The third-order valence-corrected chi connectivity index (χ3v) is 4.57. The van der Waals surface area contributed by atoms with Gasteiger partial charge in [-0.3, -0.25) is 9.78 Å². The summed E-state index contributed by atoms with van der Waals surface area (Å²) in [6, 6.07) is 22.2. The van der Waals surface area contributed by atoms with Gasteiger partial charge in [0.2, 0.25) is 0 Å². The van der Waals surface area contributed by atoms with Gasteiger partial charge in [-0.15, -0.1) is 0 Å². The van der Waals surface area contributed by atoms with Crippen LogP contribution in [0.3, 0.4) is 0 Å². The molecule has 1 unspecified atom stereocenters. The quantitative estimate of drug-likeness (QED) is 0.719. The smallest absolute Gasteiger partial charge is 0.256 e. The summed E-state index contributed by atoms with van der Waals surface area (Å²) in [6.45, 7) is 0.713. The van der Waals surface area contributed by atoms with Crippen molar-refractivity contribution in [3.8, 4) is 0 Å². The number of amides is 1. The number of aromatic nitrogens is 1. The predicted octanol–water partition coefficient (Wildman–Crippen LogP) is 3.87. The van der Waals surface area contributed by atoms with Crippen LogP contribution in [-0.2, 0) is 6.42 Å². The van der Waals surface area contributed by atoms with Gasteiger partial charge in [0.05, 0.1) is 11.6 Å². The van der Waals surface area contributed by atoms with Crippen molar-refractivity contribution in [2.45, 2.75) is 12.5 Å². The van der Waals surface area contributed by atoms with Crippen molar-refractivity contribution in [3.63, 3.8) is 0 Å².